The minimum atomic E-state index is -0.558. The van der Waals surface area contributed by atoms with Gasteiger partial charge in [-0.2, -0.15) is 0 Å². The van der Waals surface area contributed by atoms with Crippen LogP contribution in [0.25, 0.3) is 33.0 Å². The Morgan fingerprint density at radius 2 is 1.23 bits per heavy atom. The second-order valence-corrected chi connectivity index (χ2v) is 8.55. The molecule has 1 fully saturated rings. The highest BCUT2D eigenvalue weighted by Gasteiger charge is 2.64. The van der Waals surface area contributed by atoms with Gasteiger partial charge in [-0.1, -0.05) is 91.9 Å². The summed E-state index contributed by atoms with van der Waals surface area (Å²) in [5.41, 5.74) is 6.43. The Kier molecular flexibility index (Phi) is 3.60. The van der Waals surface area contributed by atoms with Gasteiger partial charge < -0.3 is 4.74 Å². The van der Waals surface area contributed by atoms with Crippen LogP contribution in [0.2, 0.25) is 0 Å². The topological polar surface area (TPSA) is 29.6 Å². The lowest BCUT2D eigenvalue weighted by Gasteiger charge is -2.30. The molecule has 2 heteroatoms. The van der Waals surface area contributed by atoms with Crippen molar-refractivity contribution in [2.45, 2.75) is 31.5 Å². The van der Waals surface area contributed by atoms with E-state index in [0.717, 1.165) is 16.7 Å². The predicted octanol–water partition coefficient (Wildman–Crippen LogP) is 6.47. The molecule has 0 aromatic heterocycles. The quantitative estimate of drug-likeness (QED) is 0.367. The van der Waals surface area contributed by atoms with Crippen LogP contribution in [0.4, 0.5) is 0 Å². The third-order valence-electron chi connectivity index (χ3n) is 6.80. The Bertz CT molecular complexity index is 1310. The molecule has 0 amide bonds. The average molecular weight is 390 g/mol. The van der Waals surface area contributed by atoms with Gasteiger partial charge in [-0.25, -0.2) is 0 Å². The van der Waals surface area contributed by atoms with Crippen LogP contribution in [0, 0.1) is 0 Å². The van der Waals surface area contributed by atoms with Crippen molar-refractivity contribution >= 4 is 16.6 Å². The number of benzene rings is 4. The predicted molar refractivity (Wildman–Crippen MR) is 120 cm³/mol. The maximum atomic E-state index is 13.2. The van der Waals surface area contributed by atoms with Crippen molar-refractivity contribution in [2.24, 2.45) is 0 Å². The first-order valence-corrected chi connectivity index (χ1v) is 10.5. The molecule has 30 heavy (non-hydrogen) atoms. The van der Waals surface area contributed by atoms with Crippen LogP contribution in [0.3, 0.4) is 0 Å². The van der Waals surface area contributed by atoms with Gasteiger partial charge in [0.1, 0.15) is 5.60 Å². The maximum absolute atomic E-state index is 13.2. The first-order valence-electron chi connectivity index (χ1n) is 10.5. The smallest absolute Gasteiger partial charge is 0.172 e. The minimum Gasteiger partial charge on any atom is -0.353 e. The monoisotopic (exact) mass is 390 g/mol. The molecule has 6 rings (SSSR count). The molecule has 1 aliphatic carbocycles. The molecule has 4 aromatic rings. The van der Waals surface area contributed by atoms with Gasteiger partial charge in [0.25, 0.3) is 0 Å². The molecular weight excluding hydrogens is 368 g/mol. The molecule has 1 aliphatic heterocycles. The molecule has 0 saturated carbocycles. The highest BCUT2D eigenvalue weighted by atomic mass is 16.6. The Hall–Kier alpha value is -3.23. The number of hydrogen-bond donors (Lipinski definition) is 0. The van der Waals surface area contributed by atoms with Gasteiger partial charge in [0.15, 0.2) is 11.9 Å². The Morgan fingerprint density at radius 3 is 1.83 bits per heavy atom. The van der Waals surface area contributed by atoms with Crippen molar-refractivity contribution in [2.75, 3.05) is 0 Å². The first-order chi connectivity index (χ1) is 14.6. The lowest BCUT2D eigenvalue weighted by molar-refractivity contribution is -0.121. The number of carbonyl (C=O) groups is 1. The fraction of sp³-hybridized carbons (Fsp3) is 0.179. The van der Waals surface area contributed by atoms with Gasteiger partial charge in [-0.05, 0) is 51.1 Å². The van der Waals surface area contributed by atoms with Gasteiger partial charge in [0.2, 0.25) is 0 Å². The molecule has 1 heterocycles. The van der Waals surface area contributed by atoms with E-state index in [1.807, 2.05) is 19.1 Å². The van der Waals surface area contributed by atoms with Crippen LogP contribution >= 0.6 is 0 Å². The van der Waals surface area contributed by atoms with Gasteiger partial charge in [0, 0.05) is 5.92 Å². The third-order valence-corrected chi connectivity index (χ3v) is 6.80. The van der Waals surface area contributed by atoms with E-state index in [4.69, 9.17) is 4.74 Å². The van der Waals surface area contributed by atoms with E-state index in [9.17, 15) is 4.79 Å². The van der Waals surface area contributed by atoms with E-state index in [0.29, 0.717) is 0 Å². The van der Waals surface area contributed by atoms with Crippen molar-refractivity contribution < 1.29 is 9.53 Å². The zero-order chi connectivity index (χ0) is 20.5. The lowest BCUT2D eigenvalue weighted by atomic mass is 9.69. The molecule has 3 unspecified atom stereocenters. The summed E-state index contributed by atoms with van der Waals surface area (Å²) in [6.07, 6.45) is -0.341. The zero-order valence-corrected chi connectivity index (χ0v) is 17.1. The number of carbonyl (C=O) groups excluding carboxylic acids is 1. The molecular formula is C28H22O2. The highest BCUT2D eigenvalue weighted by Crippen LogP contribution is 2.60. The number of ketones is 1. The van der Waals surface area contributed by atoms with E-state index in [2.05, 4.69) is 79.7 Å². The molecule has 2 nitrogen and oxygen atoms in total. The summed E-state index contributed by atoms with van der Waals surface area (Å²) >= 11 is 0. The van der Waals surface area contributed by atoms with Crippen LogP contribution in [-0.4, -0.2) is 11.9 Å². The number of Topliss-reactive ketones (excluding diaryl/α,β-unsaturated/α-hetero) is 1. The van der Waals surface area contributed by atoms with Gasteiger partial charge in [0.05, 0.1) is 0 Å². The number of fused-ring (bicyclic) bond motifs is 4. The Balaban J connectivity index is 1.85. The van der Waals surface area contributed by atoms with Crippen LogP contribution in [-0.2, 0) is 15.1 Å². The van der Waals surface area contributed by atoms with Crippen molar-refractivity contribution in [1.82, 2.24) is 0 Å². The van der Waals surface area contributed by atoms with Crippen LogP contribution in [0.5, 0.6) is 0 Å². The minimum absolute atomic E-state index is 0.191. The van der Waals surface area contributed by atoms with E-state index in [1.165, 1.54) is 27.5 Å². The standard InChI is InChI=1S/C28H22O2/c1-17-22-23(18-11-5-3-6-12-18)20-15-9-10-16-21(20)24(19-13-7-4-8-14-19)25(22)28(2)27(30-28)26(17)29/h3-17,27H,1-2H3. The average Bonchev–Trinajstić information content (AvgIpc) is 3.50. The van der Waals surface area contributed by atoms with Crippen molar-refractivity contribution in [1.29, 1.82) is 0 Å². The van der Waals surface area contributed by atoms with Crippen LogP contribution in [0.1, 0.15) is 30.9 Å². The summed E-state index contributed by atoms with van der Waals surface area (Å²) in [4.78, 5) is 13.2. The molecule has 1 saturated heterocycles. The molecule has 3 atom stereocenters. The maximum Gasteiger partial charge on any atom is 0.172 e. The van der Waals surface area contributed by atoms with E-state index < -0.39 is 5.60 Å². The molecule has 0 bridgehead atoms. The van der Waals surface area contributed by atoms with Gasteiger partial charge in [-0.15, -0.1) is 0 Å². The number of epoxide rings is 1. The second kappa shape index (κ2) is 6.13. The summed E-state index contributed by atoms with van der Waals surface area (Å²) in [6, 6.07) is 29.5. The SMILES string of the molecule is CC1C(=O)C2OC2(C)c2c1c(-c1ccccc1)c1ccccc1c2-c1ccccc1. The molecule has 0 spiro atoms. The fourth-order valence-corrected chi connectivity index (χ4v) is 5.33. The van der Waals surface area contributed by atoms with Crippen molar-refractivity contribution in [3.8, 4) is 22.3 Å². The molecule has 2 aliphatic rings. The molecule has 4 aromatic carbocycles. The number of hydrogen-bond acceptors (Lipinski definition) is 2. The first kappa shape index (κ1) is 17.6. The summed E-state index contributed by atoms with van der Waals surface area (Å²) in [5, 5.41) is 2.39. The van der Waals surface area contributed by atoms with E-state index in [1.54, 1.807) is 0 Å². The molecule has 0 radical (unpaired) electrons. The van der Waals surface area contributed by atoms with Crippen molar-refractivity contribution in [3.05, 3.63) is 96.1 Å². The van der Waals surface area contributed by atoms with Crippen molar-refractivity contribution in [3.63, 3.8) is 0 Å². The summed E-state index contributed by atoms with van der Waals surface area (Å²) in [6.45, 7) is 4.12. The molecule has 146 valence electrons. The lowest BCUT2D eigenvalue weighted by Crippen LogP contribution is -2.30. The van der Waals surface area contributed by atoms with E-state index >= 15 is 0 Å². The fourth-order valence-electron chi connectivity index (χ4n) is 5.33. The second-order valence-electron chi connectivity index (χ2n) is 8.55. The Labute approximate surface area is 176 Å². The third kappa shape index (κ3) is 2.26. The Morgan fingerprint density at radius 1 is 0.733 bits per heavy atom. The molecule has 0 N–H and O–H groups in total. The largest absolute Gasteiger partial charge is 0.353 e. The summed E-state index contributed by atoms with van der Waals surface area (Å²) in [7, 11) is 0. The summed E-state index contributed by atoms with van der Waals surface area (Å²) < 4.78 is 6.13. The van der Waals surface area contributed by atoms with Gasteiger partial charge in [-0.3, -0.25) is 4.79 Å². The highest BCUT2D eigenvalue weighted by molar-refractivity contribution is 6.12. The zero-order valence-electron chi connectivity index (χ0n) is 17.1. The van der Waals surface area contributed by atoms with E-state index in [-0.39, 0.29) is 17.8 Å². The van der Waals surface area contributed by atoms with Crippen LogP contribution in [0.15, 0.2) is 84.9 Å². The van der Waals surface area contributed by atoms with Gasteiger partial charge >= 0.3 is 0 Å². The number of ether oxygens (including phenoxy) is 1. The van der Waals surface area contributed by atoms with Crippen LogP contribution < -0.4 is 0 Å². The summed E-state index contributed by atoms with van der Waals surface area (Å²) in [5.74, 6) is -0.0145. The number of rotatable bonds is 2. The normalized spacial score (nSPS) is 24.4.